The third-order valence-corrected chi connectivity index (χ3v) is 3.55. The minimum Gasteiger partial charge on any atom is -0.288 e. The Bertz CT molecular complexity index is 384. The van der Waals surface area contributed by atoms with E-state index in [0.29, 0.717) is 12.3 Å². The zero-order chi connectivity index (χ0) is 9.26. The van der Waals surface area contributed by atoms with Crippen molar-refractivity contribution in [2.24, 2.45) is 4.99 Å². The van der Waals surface area contributed by atoms with E-state index in [4.69, 9.17) is 0 Å². The van der Waals surface area contributed by atoms with Crippen molar-refractivity contribution in [3.63, 3.8) is 0 Å². The largest absolute Gasteiger partial charge is 0.288 e. The van der Waals surface area contributed by atoms with E-state index >= 15 is 0 Å². The Morgan fingerprint density at radius 1 is 1.38 bits per heavy atom. The topological polar surface area (TPSA) is 29.4 Å². The first kappa shape index (κ1) is 8.63. The Morgan fingerprint density at radius 3 is 3.00 bits per heavy atom. The predicted molar refractivity (Wildman–Crippen MR) is 54.8 cm³/mol. The van der Waals surface area contributed by atoms with Crippen molar-refractivity contribution in [3.05, 3.63) is 29.8 Å². The van der Waals surface area contributed by atoms with Crippen LogP contribution in [0.2, 0.25) is 0 Å². The molecule has 1 aliphatic rings. The minimum absolute atomic E-state index is 0.647. The molecule has 0 spiro atoms. The number of aliphatic imine (C=N–C) groups is 1. The first-order chi connectivity index (χ1) is 6.29. The summed E-state index contributed by atoms with van der Waals surface area (Å²) in [5.41, 5.74) is 2.04. The summed E-state index contributed by atoms with van der Waals surface area (Å²) in [5.74, 6) is 0.647. The zero-order valence-corrected chi connectivity index (χ0v) is 8.30. The van der Waals surface area contributed by atoms with E-state index in [1.807, 2.05) is 31.2 Å². The third-order valence-electron chi connectivity index (χ3n) is 2.15. The van der Waals surface area contributed by atoms with Crippen molar-refractivity contribution in [3.8, 4) is 0 Å². The monoisotopic (exact) mass is 193 g/mol. The normalized spacial score (nSPS) is 21.6. The molecule has 1 unspecified atom stereocenters. The van der Waals surface area contributed by atoms with E-state index < -0.39 is 10.8 Å². The molecule has 0 radical (unpaired) electrons. The number of fused-ring (bicyclic) bond motifs is 1. The van der Waals surface area contributed by atoms with E-state index in [1.54, 1.807) is 0 Å². The van der Waals surface area contributed by atoms with Gasteiger partial charge in [-0.05, 0) is 13.0 Å². The second-order valence-corrected chi connectivity index (χ2v) is 4.55. The fraction of sp³-hybridized carbons (Fsp3) is 0.300. The van der Waals surface area contributed by atoms with E-state index in [0.717, 1.165) is 16.2 Å². The summed E-state index contributed by atoms with van der Waals surface area (Å²) in [6.45, 7) is 2.65. The fourth-order valence-corrected chi connectivity index (χ4v) is 2.62. The van der Waals surface area contributed by atoms with Crippen LogP contribution in [0.3, 0.4) is 0 Å². The van der Waals surface area contributed by atoms with E-state index in [2.05, 4.69) is 4.99 Å². The quantitative estimate of drug-likeness (QED) is 0.615. The van der Waals surface area contributed by atoms with Crippen LogP contribution in [0.25, 0.3) is 0 Å². The van der Waals surface area contributed by atoms with Gasteiger partial charge in [0.1, 0.15) is 0 Å². The van der Waals surface area contributed by atoms with Gasteiger partial charge in [0.15, 0.2) is 0 Å². The lowest BCUT2D eigenvalue weighted by molar-refractivity contribution is 0.683. The molecule has 1 aromatic rings. The van der Waals surface area contributed by atoms with E-state index in [-0.39, 0.29) is 0 Å². The third kappa shape index (κ3) is 1.56. The lowest BCUT2D eigenvalue weighted by Gasteiger charge is -2.03. The number of rotatable bonds is 0. The summed E-state index contributed by atoms with van der Waals surface area (Å²) in [5, 5.41) is 0. The van der Waals surface area contributed by atoms with E-state index in [9.17, 15) is 4.21 Å². The maximum atomic E-state index is 11.7. The van der Waals surface area contributed by atoms with Crippen molar-refractivity contribution in [1.29, 1.82) is 0 Å². The molecule has 0 fully saturated rings. The molecule has 0 aliphatic carbocycles. The Hall–Kier alpha value is -0.960. The summed E-state index contributed by atoms with van der Waals surface area (Å²) in [4.78, 5) is 5.27. The SMILES string of the molecule is CC1=NCCS(=O)c2ccccc21. The van der Waals surface area contributed by atoms with Crippen LogP contribution < -0.4 is 0 Å². The average Bonchev–Trinajstić information content (AvgIpc) is 2.29. The first-order valence-corrected chi connectivity index (χ1v) is 5.60. The van der Waals surface area contributed by atoms with Gasteiger partial charge in [-0.1, -0.05) is 18.2 Å². The molecular formula is C10H11NOS. The van der Waals surface area contributed by atoms with Gasteiger partial charge >= 0.3 is 0 Å². The molecule has 0 saturated carbocycles. The summed E-state index contributed by atoms with van der Waals surface area (Å²) in [6.07, 6.45) is 0. The molecule has 2 nitrogen and oxygen atoms in total. The highest BCUT2D eigenvalue weighted by atomic mass is 32.2. The van der Waals surface area contributed by atoms with Gasteiger partial charge in [-0.2, -0.15) is 0 Å². The van der Waals surface area contributed by atoms with Crippen LogP contribution in [-0.2, 0) is 10.8 Å². The lowest BCUT2D eigenvalue weighted by Crippen LogP contribution is -2.01. The maximum absolute atomic E-state index is 11.7. The second kappa shape index (κ2) is 3.42. The van der Waals surface area contributed by atoms with Gasteiger partial charge in [-0.3, -0.25) is 9.20 Å². The van der Waals surface area contributed by atoms with Gasteiger partial charge in [0, 0.05) is 21.9 Å². The Morgan fingerprint density at radius 2 is 2.15 bits per heavy atom. The van der Waals surface area contributed by atoms with Crippen LogP contribution in [0.15, 0.2) is 34.2 Å². The van der Waals surface area contributed by atoms with Crippen molar-refractivity contribution >= 4 is 16.5 Å². The number of hydrogen-bond donors (Lipinski definition) is 0. The summed E-state index contributed by atoms with van der Waals surface area (Å²) >= 11 is 0. The molecule has 1 aromatic carbocycles. The van der Waals surface area contributed by atoms with Crippen LogP contribution >= 0.6 is 0 Å². The molecule has 2 rings (SSSR count). The molecule has 13 heavy (non-hydrogen) atoms. The van der Waals surface area contributed by atoms with E-state index in [1.165, 1.54) is 0 Å². The Labute approximate surface area is 80.2 Å². The molecule has 0 N–H and O–H groups in total. The van der Waals surface area contributed by atoms with Gasteiger partial charge in [0.2, 0.25) is 0 Å². The Balaban J connectivity index is 2.61. The molecule has 0 bridgehead atoms. The highest BCUT2D eigenvalue weighted by molar-refractivity contribution is 7.85. The number of benzene rings is 1. The summed E-state index contributed by atoms with van der Waals surface area (Å²) in [6, 6.07) is 7.79. The number of nitrogens with zero attached hydrogens (tertiary/aromatic N) is 1. The predicted octanol–water partition coefficient (Wildman–Crippen LogP) is 1.62. The summed E-state index contributed by atoms with van der Waals surface area (Å²) in [7, 11) is -0.868. The number of hydrogen-bond acceptors (Lipinski definition) is 2. The maximum Gasteiger partial charge on any atom is 0.0555 e. The van der Waals surface area contributed by atoms with Gasteiger partial charge < -0.3 is 0 Å². The Kier molecular flexibility index (Phi) is 2.27. The molecular weight excluding hydrogens is 182 g/mol. The van der Waals surface area contributed by atoms with Crippen LogP contribution in [0.4, 0.5) is 0 Å². The molecule has 1 aliphatic heterocycles. The van der Waals surface area contributed by atoms with Crippen LogP contribution in [-0.4, -0.2) is 22.2 Å². The van der Waals surface area contributed by atoms with Crippen molar-refractivity contribution < 1.29 is 4.21 Å². The molecule has 0 amide bonds. The van der Waals surface area contributed by atoms with Gasteiger partial charge in [-0.15, -0.1) is 0 Å². The lowest BCUT2D eigenvalue weighted by atomic mass is 10.1. The molecule has 0 aromatic heterocycles. The van der Waals surface area contributed by atoms with Crippen LogP contribution in [0, 0.1) is 0 Å². The first-order valence-electron chi connectivity index (χ1n) is 4.28. The van der Waals surface area contributed by atoms with Gasteiger partial charge in [-0.25, -0.2) is 0 Å². The average molecular weight is 193 g/mol. The smallest absolute Gasteiger partial charge is 0.0555 e. The van der Waals surface area contributed by atoms with Crippen molar-refractivity contribution in [2.75, 3.05) is 12.3 Å². The van der Waals surface area contributed by atoms with Crippen LogP contribution in [0.1, 0.15) is 12.5 Å². The molecule has 1 heterocycles. The minimum atomic E-state index is -0.868. The highest BCUT2D eigenvalue weighted by Gasteiger charge is 2.13. The van der Waals surface area contributed by atoms with Crippen LogP contribution in [0.5, 0.6) is 0 Å². The standard InChI is InChI=1S/C10H11NOS/c1-8-9-4-2-3-5-10(9)13(12)7-6-11-8/h2-5H,6-7H2,1H3. The molecule has 68 valence electrons. The zero-order valence-electron chi connectivity index (χ0n) is 7.49. The summed E-state index contributed by atoms with van der Waals surface area (Å²) < 4.78 is 11.7. The highest BCUT2D eigenvalue weighted by Crippen LogP contribution is 2.17. The molecule has 3 heteroatoms. The van der Waals surface area contributed by atoms with Crippen molar-refractivity contribution in [1.82, 2.24) is 0 Å². The second-order valence-electron chi connectivity index (χ2n) is 3.01. The van der Waals surface area contributed by atoms with Gasteiger partial charge in [0.05, 0.1) is 17.3 Å². The van der Waals surface area contributed by atoms with Crippen molar-refractivity contribution in [2.45, 2.75) is 11.8 Å². The molecule has 1 atom stereocenters. The van der Waals surface area contributed by atoms with Gasteiger partial charge in [0.25, 0.3) is 0 Å². The fourth-order valence-electron chi connectivity index (χ4n) is 1.46. The molecule has 0 saturated heterocycles.